The summed E-state index contributed by atoms with van der Waals surface area (Å²) < 4.78 is 29.3. The van der Waals surface area contributed by atoms with E-state index in [9.17, 15) is 13.6 Å². The molecule has 0 aromatic heterocycles. The molecular weight excluding hydrogens is 312 g/mol. The lowest BCUT2D eigenvalue weighted by molar-refractivity contribution is -0.115. The van der Waals surface area contributed by atoms with Gasteiger partial charge in [0.05, 0.1) is 12.1 Å². The number of nitrogens with one attached hydrogen (secondary N) is 1. The summed E-state index contributed by atoms with van der Waals surface area (Å²) >= 11 is 0. The van der Waals surface area contributed by atoms with E-state index in [0.29, 0.717) is 0 Å². The largest absolute Gasteiger partial charge is 0.433 e. The summed E-state index contributed by atoms with van der Waals surface area (Å²) in [6, 6.07) is 19.6. The van der Waals surface area contributed by atoms with Gasteiger partial charge in [-0.05, 0) is 28.5 Å². The van der Waals surface area contributed by atoms with Gasteiger partial charge >= 0.3 is 6.61 Å². The van der Waals surface area contributed by atoms with E-state index in [1.807, 2.05) is 42.5 Å². The number of halogens is 2. The number of amides is 1. The molecule has 0 saturated heterocycles. The van der Waals surface area contributed by atoms with E-state index in [0.717, 1.165) is 16.3 Å². The second-order valence-electron chi connectivity index (χ2n) is 5.24. The Balaban J connectivity index is 1.79. The second-order valence-corrected chi connectivity index (χ2v) is 5.24. The Bertz CT molecular complexity index is 859. The average molecular weight is 327 g/mol. The highest BCUT2D eigenvalue weighted by atomic mass is 19.3. The Labute approximate surface area is 137 Å². The number of hydrogen-bond donors (Lipinski definition) is 1. The van der Waals surface area contributed by atoms with Gasteiger partial charge in [0.1, 0.15) is 5.75 Å². The maximum Gasteiger partial charge on any atom is 0.387 e. The molecule has 3 aromatic rings. The summed E-state index contributed by atoms with van der Waals surface area (Å²) in [5.41, 5.74) is 1.10. The van der Waals surface area contributed by atoms with Crippen LogP contribution in [-0.4, -0.2) is 12.5 Å². The molecule has 0 atom stereocenters. The normalized spacial score (nSPS) is 10.8. The van der Waals surface area contributed by atoms with Gasteiger partial charge < -0.3 is 10.1 Å². The highest BCUT2D eigenvalue weighted by Crippen LogP contribution is 2.26. The standard InChI is InChI=1S/C19H15F2NO2/c20-19(21)24-17-11-4-3-10-16(17)22-18(23)12-14-8-5-7-13-6-1-2-9-15(13)14/h1-11,19H,12H2,(H,22,23). The monoisotopic (exact) mass is 327 g/mol. The second kappa shape index (κ2) is 7.08. The molecule has 24 heavy (non-hydrogen) atoms. The Morgan fingerprint density at radius 1 is 0.958 bits per heavy atom. The molecule has 0 saturated carbocycles. The van der Waals surface area contributed by atoms with Crippen molar-refractivity contribution in [3.05, 3.63) is 72.3 Å². The maximum atomic E-state index is 12.4. The first-order chi connectivity index (χ1) is 11.6. The zero-order chi connectivity index (χ0) is 16.9. The van der Waals surface area contributed by atoms with Gasteiger partial charge in [0.2, 0.25) is 5.91 Å². The smallest absolute Gasteiger partial charge is 0.387 e. The maximum absolute atomic E-state index is 12.4. The van der Waals surface area contributed by atoms with Crippen LogP contribution in [0.3, 0.4) is 0 Å². The van der Waals surface area contributed by atoms with Gasteiger partial charge in [0.15, 0.2) is 0 Å². The summed E-state index contributed by atoms with van der Waals surface area (Å²) in [5.74, 6) is -0.351. The lowest BCUT2D eigenvalue weighted by Gasteiger charge is -2.12. The fraction of sp³-hybridized carbons (Fsp3) is 0.105. The molecule has 0 fully saturated rings. The van der Waals surface area contributed by atoms with Crippen molar-refractivity contribution in [1.29, 1.82) is 0 Å². The number of anilines is 1. The van der Waals surface area contributed by atoms with E-state index in [1.54, 1.807) is 12.1 Å². The lowest BCUT2D eigenvalue weighted by Crippen LogP contribution is -2.16. The van der Waals surface area contributed by atoms with E-state index in [-0.39, 0.29) is 23.8 Å². The molecule has 0 aliphatic heterocycles. The van der Waals surface area contributed by atoms with Gasteiger partial charge in [-0.2, -0.15) is 8.78 Å². The van der Waals surface area contributed by atoms with Crippen LogP contribution in [0.1, 0.15) is 5.56 Å². The molecule has 3 rings (SSSR count). The quantitative estimate of drug-likeness (QED) is 0.742. The summed E-state index contributed by atoms with van der Waals surface area (Å²) in [5, 5.41) is 4.67. The number of benzene rings is 3. The molecule has 0 radical (unpaired) electrons. The van der Waals surface area contributed by atoms with Crippen molar-refractivity contribution in [2.45, 2.75) is 13.0 Å². The molecule has 1 amide bonds. The Morgan fingerprint density at radius 2 is 1.67 bits per heavy atom. The highest BCUT2D eigenvalue weighted by Gasteiger charge is 2.12. The number of para-hydroxylation sites is 2. The molecule has 122 valence electrons. The van der Waals surface area contributed by atoms with Gasteiger partial charge in [-0.1, -0.05) is 54.6 Å². The number of alkyl halides is 2. The van der Waals surface area contributed by atoms with Crippen LogP contribution in [0.4, 0.5) is 14.5 Å². The van der Waals surface area contributed by atoms with Crippen LogP contribution < -0.4 is 10.1 Å². The van der Waals surface area contributed by atoms with Gasteiger partial charge in [0, 0.05) is 0 Å². The minimum absolute atomic E-state index is 0.0567. The first-order valence-corrected chi connectivity index (χ1v) is 7.44. The molecule has 0 unspecified atom stereocenters. The van der Waals surface area contributed by atoms with Crippen LogP contribution in [0.15, 0.2) is 66.7 Å². The highest BCUT2D eigenvalue weighted by molar-refractivity contribution is 5.97. The summed E-state index contributed by atoms with van der Waals surface area (Å²) in [4.78, 5) is 12.3. The third kappa shape index (κ3) is 3.68. The van der Waals surface area contributed by atoms with Crippen LogP contribution in [0, 0.1) is 0 Å². The van der Waals surface area contributed by atoms with Crippen molar-refractivity contribution in [2.24, 2.45) is 0 Å². The fourth-order valence-electron chi connectivity index (χ4n) is 2.58. The van der Waals surface area contributed by atoms with E-state index in [2.05, 4.69) is 10.1 Å². The molecule has 0 aliphatic rings. The van der Waals surface area contributed by atoms with Crippen molar-refractivity contribution >= 4 is 22.4 Å². The van der Waals surface area contributed by atoms with E-state index >= 15 is 0 Å². The predicted octanol–water partition coefficient (Wildman–Crippen LogP) is 4.62. The van der Waals surface area contributed by atoms with Crippen molar-refractivity contribution in [3.63, 3.8) is 0 Å². The first kappa shape index (κ1) is 15.9. The zero-order valence-corrected chi connectivity index (χ0v) is 12.7. The van der Waals surface area contributed by atoms with Gasteiger partial charge in [-0.3, -0.25) is 4.79 Å². The van der Waals surface area contributed by atoms with Gasteiger partial charge in [0.25, 0.3) is 0 Å². The molecule has 1 N–H and O–H groups in total. The Hall–Kier alpha value is -2.95. The van der Waals surface area contributed by atoms with Crippen molar-refractivity contribution in [3.8, 4) is 5.75 Å². The van der Waals surface area contributed by atoms with Crippen LogP contribution in [0.2, 0.25) is 0 Å². The third-order valence-corrected chi connectivity index (χ3v) is 3.61. The minimum Gasteiger partial charge on any atom is -0.433 e. The number of carbonyl (C=O) groups is 1. The predicted molar refractivity (Wildman–Crippen MR) is 89.4 cm³/mol. The van der Waals surface area contributed by atoms with Crippen molar-refractivity contribution in [2.75, 3.05) is 5.32 Å². The average Bonchev–Trinajstić information content (AvgIpc) is 2.56. The Kier molecular flexibility index (Phi) is 4.70. The molecule has 5 heteroatoms. The van der Waals surface area contributed by atoms with E-state index in [1.165, 1.54) is 12.1 Å². The third-order valence-electron chi connectivity index (χ3n) is 3.61. The number of hydrogen-bond acceptors (Lipinski definition) is 2. The summed E-state index contributed by atoms with van der Waals surface area (Å²) in [6.07, 6.45) is 0.143. The van der Waals surface area contributed by atoms with Crippen LogP contribution in [0.5, 0.6) is 5.75 Å². The van der Waals surface area contributed by atoms with Crippen molar-refractivity contribution < 1.29 is 18.3 Å². The summed E-state index contributed by atoms with van der Waals surface area (Å²) in [6.45, 7) is -2.94. The van der Waals surface area contributed by atoms with Crippen LogP contribution in [0.25, 0.3) is 10.8 Å². The molecule has 0 aliphatic carbocycles. The van der Waals surface area contributed by atoms with E-state index < -0.39 is 6.61 Å². The molecule has 0 heterocycles. The summed E-state index contributed by atoms with van der Waals surface area (Å²) in [7, 11) is 0. The number of carbonyl (C=O) groups excluding carboxylic acids is 1. The SMILES string of the molecule is O=C(Cc1cccc2ccccc12)Nc1ccccc1OC(F)F. The van der Waals surface area contributed by atoms with Crippen LogP contribution >= 0.6 is 0 Å². The molecular formula is C19H15F2NO2. The molecule has 3 aromatic carbocycles. The Morgan fingerprint density at radius 3 is 2.50 bits per heavy atom. The molecule has 3 nitrogen and oxygen atoms in total. The number of fused-ring (bicyclic) bond motifs is 1. The van der Waals surface area contributed by atoms with Crippen molar-refractivity contribution in [1.82, 2.24) is 0 Å². The topological polar surface area (TPSA) is 38.3 Å². The fourth-order valence-corrected chi connectivity index (χ4v) is 2.58. The number of rotatable bonds is 5. The van der Waals surface area contributed by atoms with E-state index in [4.69, 9.17) is 0 Å². The zero-order valence-electron chi connectivity index (χ0n) is 12.7. The lowest BCUT2D eigenvalue weighted by atomic mass is 10.0. The minimum atomic E-state index is -2.94. The molecule has 0 bridgehead atoms. The first-order valence-electron chi connectivity index (χ1n) is 7.44. The van der Waals surface area contributed by atoms with Crippen LogP contribution in [-0.2, 0) is 11.2 Å². The van der Waals surface area contributed by atoms with Gasteiger partial charge in [-0.15, -0.1) is 0 Å². The number of ether oxygens (including phenoxy) is 1. The van der Waals surface area contributed by atoms with Gasteiger partial charge in [-0.25, -0.2) is 0 Å². The molecule has 0 spiro atoms.